The second kappa shape index (κ2) is 6.36. The zero-order chi connectivity index (χ0) is 16.3. The lowest BCUT2D eigenvalue weighted by Gasteiger charge is -2.32. The number of methoxy groups -OCH3 is 1. The van der Waals surface area contributed by atoms with Crippen LogP contribution in [0.15, 0.2) is 30.3 Å². The van der Waals surface area contributed by atoms with Crippen LogP contribution < -0.4 is 5.32 Å². The van der Waals surface area contributed by atoms with Gasteiger partial charge in [0.2, 0.25) is 0 Å². The average molecular weight is 306 g/mol. The highest BCUT2D eigenvalue weighted by Crippen LogP contribution is 2.31. The van der Waals surface area contributed by atoms with E-state index in [9.17, 15) is 14.7 Å². The number of rotatable bonds is 4. The van der Waals surface area contributed by atoms with E-state index < -0.39 is 11.5 Å². The van der Waals surface area contributed by atoms with Gasteiger partial charge in [0, 0.05) is 20.1 Å². The summed E-state index contributed by atoms with van der Waals surface area (Å²) < 4.78 is 5.24. The zero-order valence-corrected chi connectivity index (χ0v) is 13.1. The Morgan fingerprint density at radius 2 is 2.05 bits per heavy atom. The van der Waals surface area contributed by atoms with Crippen LogP contribution in [0.2, 0.25) is 0 Å². The quantitative estimate of drug-likeness (QED) is 0.892. The van der Waals surface area contributed by atoms with Crippen LogP contribution in [0, 0.1) is 0 Å². The van der Waals surface area contributed by atoms with Crippen molar-refractivity contribution >= 4 is 12.0 Å². The number of ether oxygens (including phenoxy) is 1. The summed E-state index contributed by atoms with van der Waals surface area (Å²) in [6, 6.07) is 8.95. The standard InChI is InChI=1S/C16H22N2O4/c1-11(12-7-5-4-6-8-12)17-15(21)18-10-13(22-3)9-16(18,2)14(19)20/h4-8,11,13H,9-10H2,1-3H3,(H,17,21)(H,19,20). The molecule has 2 amide bonds. The van der Waals surface area contributed by atoms with Crippen molar-refractivity contribution in [1.82, 2.24) is 10.2 Å². The van der Waals surface area contributed by atoms with E-state index in [1.165, 1.54) is 12.0 Å². The van der Waals surface area contributed by atoms with Crippen LogP contribution in [0.5, 0.6) is 0 Å². The van der Waals surface area contributed by atoms with E-state index in [2.05, 4.69) is 5.32 Å². The first-order chi connectivity index (χ1) is 10.4. The number of nitrogens with one attached hydrogen (secondary N) is 1. The molecule has 2 rings (SSSR count). The van der Waals surface area contributed by atoms with E-state index >= 15 is 0 Å². The fourth-order valence-electron chi connectivity index (χ4n) is 2.78. The van der Waals surface area contributed by atoms with Gasteiger partial charge < -0.3 is 20.1 Å². The molecule has 0 saturated carbocycles. The van der Waals surface area contributed by atoms with Crippen LogP contribution in [0.1, 0.15) is 31.9 Å². The van der Waals surface area contributed by atoms with E-state index in [0.717, 1.165) is 5.56 Å². The number of carboxylic acids is 1. The Balaban J connectivity index is 2.12. The molecule has 6 nitrogen and oxygen atoms in total. The maximum atomic E-state index is 12.5. The number of benzene rings is 1. The number of amides is 2. The number of carbonyl (C=O) groups excluding carboxylic acids is 1. The SMILES string of the molecule is COC1CN(C(=O)NC(C)c2ccccc2)C(C)(C(=O)O)C1. The van der Waals surface area contributed by atoms with Gasteiger partial charge in [0.1, 0.15) is 5.54 Å². The van der Waals surface area contributed by atoms with Gasteiger partial charge in [-0.05, 0) is 19.4 Å². The molecule has 3 unspecified atom stereocenters. The summed E-state index contributed by atoms with van der Waals surface area (Å²) in [6.45, 7) is 3.70. The summed E-state index contributed by atoms with van der Waals surface area (Å²) in [7, 11) is 1.53. The second-order valence-electron chi connectivity index (χ2n) is 5.83. The van der Waals surface area contributed by atoms with Crippen LogP contribution >= 0.6 is 0 Å². The van der Waals surface area contributed by atoms with E-state index in [1.807, 2.05) is 37.3 Å². The Labute approximate surface area is 130 Å². The molecule has 1 aliphatic heterocycles. The first-order valence-electron chi connectivity index (χ1n) is 7.27. The third-order valence-corrected chi connectivity index (χ3v) is 4.29. The van der Waals surface area contributed by atoms with Crippen LogP contribution in [0.25, 0.3) is 0 Å². The average Bonchev–Trinajstić information content (AvgIpc) is 2.87. The van der Waals surface area contributed by atoms with Gasteiger partial charge in [0.15, 0.2) is 0 Å². The normalized spacial score (nSPS) is 25.8. The molecular weight excluding hydrogens is 284 g/mol. The van der Waals surface area contributed by atoms with Gasteiger partial charge in [-0.15, -0.1) is 0 Å². The minimum Gasteiger partial charge on any atom is -0.480 e. The fourth-order valence-corrected chi connectivity index (χ4v) is 2.78. The Morgan fingerprint density at radius 1 is 1.41 bits per heavy atom. The van der Waals surface area contributed by atoms with Crippen molar-refractivity contribution in [3.8, 4) is 0 Å². The Morgan fingerprint density at radius 3 is 2.59 bits per heavy atom. The highest BCUT2D eigenvalue weighted by Gasteiger charge is 2.50. The molecule has 1 heterocycles. The Bertz CT molecular complexity index is 548. The van der Waals surface area contributed by atoms with Crippen molar-refractivity contribution in [1.29, 1.82) is 0 Å². The molecular formula is C16H22N2O4. The van der Waals surface area contributed by atoms with Gasteiger partial charge in [0.25, 0.3) is 0 Å². The van der Waals surface area contributed by atoms with Crippen molar-refractivity contribution in [3.63, 3.8) is 0 Å². The lowest BCUT2D eigenvalue weighted by Crippen LogP contribution is -2.54. The smallest absolute Gasteiger partial charge is 0.329 e. The highest BCUT2D eigenvalue weighted by atomic mass is 16.5. The van der Waals surface area contributed by atoms with Crippen molar-refractivity contribution in [2.45, 2.75) is 38.0 Å². The maximum Gasteiger partial charge on any atom is 0.329 e. The molecule has 22 heavy (non-hydrogen) atoms. The van der Waals surface area contributed by atoms with Gasteiger partial charge in [-0.1, -0.05) is 30.3 Å². The van der Waals surface area contributed by atoms with E-state index in [0.29, 0.717) is 0 Å². The van der Waals surface area contributed by atoms with E-state index in [-0.39, 0.29) is 31.1 Å². The minimum atomic E-state index is -1.25. The number of hydrogen-bond donors (Lipinski definition) is 2. The molecule has 6 heteroatoms. The molecule has 1 saturated heterocycles. The second-order valence-corrected chi connectivity index (χ2v) is 5.83. The Kier molecular flexibility index (Phi) is 4.71. The van der Waals surface area contributed by atoms with E-state index in [1.54, 1.807) is 6.92 Å². The lowest BCUT2D eigenvalue weighted by atomic mass is 9.98. The van der Waals surface area contributed by atoms with Gasteiger partial charge in [0.05, 0.1) is 12.1 Å². The molecule has 0 spiro atoms. The van der Waals surface area contributed by atoms with Crippen molar-refractivity contribution in [2.75, 3.05) is 13.7 Å². The first kappa shape index (κ1) is 16.3. The van der Waals surface area contributed by atoms with Crippen LogP contribution in [-0.2, 0) is 9.53 Å². The number of hydrogen-bond acceptors (Lipinski definition) is 3. The number of nitrogens with zero attached hydrogens (tertiary/aromatic N) is 1. The predicted octanol–water partition coefficient (Wildman–Crippen LogP) is 2.02. The molecule has 1 aromatic rings. The molecule has 2 N–H and O–H groups in total. The maximum absolute atomic E-state index is 12.5. The first-order valence-corrected chi connectivity index (χ1v) is 7.27. The molecule has 0 aliphatic carbocycles. The highest BCUT2D eigenvalue weighted by molar-refractivity contribution is 5.87. The number of likely N-dealkylation sites (tertiary alicyclic amines) is 1. The third-order valence-electron chi connectivity index (χ3n) is 4.29. The number of aliphatic carboxylic acids is 1. The topological polar surface area (TPSA) is 78.9 Å². The van der Waals surface area contributed by atoms with Crippen LogP contribution in [0.4, 0.5) is 4.79 Å². The monoisotopic (exact) mass is 306 g/mol. The summed E-state index contributed by atoms with van der Waals surface area (Å²) in [6.07, 6.45) is 0.0188. The van der Waals surface area contributed by atoms with Gasteiger partial charge in [-0.25, -0.2) is 9.59 Å². The molecule has 1 fully saturated rings. The molecule has 3 atom stereocenters. The van der Waals surface area contributed by atoms with Crippen molar-refractivity contribution in [2.24, 2.45) is 0 Å². The number of carbonyl (C=O) groups is 2. The van der Waals surface area contributed by atoms with E-state index in [4.69, 9.17) is 4.74 Å². The van der Waals surface area contributed by atoms with Gasteiger partial charge >= 0.3 is 12.0 Å². The molecule has 120 valence electrons. The molecule has 0 bridgehead atoms. The summed E-state index contributed by atoms with van der Waals surface area (Å²) in [5, 5.41) is 12.3. The third kappa shape index (κ3) is 3.06. The minimum absolute atomic E-state index is 0.201. The summed E-state index contributed by atoms with van der Waals surface area (Å²) >= 11 is 0. The predicted molar refractivity (Wildman–Crippen MR) is 81.5 cm³/mol. The summed E-state index contributed by atoms with van der Waals surface area (Å²) in [4.78, 5) is 25.4. The van der Waals surface area contributed by atoms with Gasteiger partial charge in [-0.3, -0.25) is 0 Å². The van der Waals surface area contributed by atoms with Crippen LogP contribution in [-0.4, -0.2) is 47.3 Å². The summed E-state index contributed by atoms with van der Waals surface area (Å²) in [5.74, 6) is -1.02. The zero-order valence-electron chi connectivity index (χ0n) is 13.1. The number of urea groups is 1. The fraction of sp³-hybridized carbons (Fsp3) is 0.500. The van der Waals surface area contributed by atoms with Crippen molar-refractivity contribution in [3.05, 3.63) is 35.9 Å². The van der Waals surface area contributed by atoms with Crippen molar-refractivity contribution < 1.29 is 19.4 Å². The molecule has 0 aromatic heterocycles. The Hall–Kier alpha value is -2.08. The molecule has 1 aromatic carbocycles. The summed E-state index contributed by atoms with van der Waals surface area (Å²) in [5.41, 5.74) is -0.281. The molecule has 1 aliphatic rings. The number of carboxylic acid groups (broad SMARTS) is 1. The largest absolute Gasteiger partial charge is 0.480 e. The lowest BCUT2D eigenvalue weighted by molar-refractivity contribution is -0.147. The van der Waals surface area contributed by atoms with Crippen LogP contribution in [0.3, 0.4) is 0 Å². The molecule has 0 radical (unpaired) electrons. The van der Waals surface area contributed by atoms with Gasteiger partial charge in [-0.2, -0.15) is 0 Å².